The lowest BCUT2D eigenvalue weighted by molar-refractivity contribution is 0.00768. The van der Waals surface area contributed by atoms with Crippen LogP contribution in [0.15, 0.2) is 22.7 Å². The van der Waals surface area contributed by atoms with Crippen molar-refractivity contribution in [3.8, 4) is 17.2 Å². The highest BCUT2D eigenvalue weighted by Crippen LogP contribution is 2.36. The molecular weight excluding hydrogens is 268 g/mol. The molecule has 1 atom stereocenters. The van der Waals surface area contributed by atoms with E-state index in [4.69, 9.17) is 20.9 Å². The van der Waals surface area contributed by atoms with Gasteiger partial charge in [0.1, 0.15) is 11.4 Å². The fourth-order valence-electron chi connectivity index (χ4n) is 2.18. The SMILES string of the molecule is CC1(c2noc(-c3cc(O)ccc3Cl)n2)CCCO1. The molecule has 1 aromatic heterocycles. The van der Waals surface area contributed by atoms with Crippen molar-refractivity contribution in [3.63, 3.8) is 0 Å². The molecule has 0 radical (unpaired) electrons. The van der Waals surface area contributed by atoms with Gasteiger partial charge in [0.05, 0.1) is 10.6 Å². The lowest BCUT2D eigenvalue weighted by Crippen LogP contribution is -2.21. The highest BCUT2D eigenvalue weighted by Gasteiger charge is 2.36. The molecule has 0 amide bonds. The zero-order valence-electron chi connectivity index (χ0n) is 10.4. The molecule has 0 bridgehead atoms. The third-order valence-electron chi connectivity index (χ3n) is 3.30. The quantitative estimate of drug-likeness (QED) is 0.915. The van der Waals surface area contributed by atoms with Crippen LogP contribution in [0.1, 0.15) is 25.6 Å². The van der Waals surface area contributed by atoms with E-state index in [-0.39, 0.29) is 11.6 Å². The minimum Gasteiger partial charge on any atom is -0.508 e. The van der Waals surface area contributed by atoms with Crippen LogP contribution >= 0.6 is 11.6 Å². The summed E-state index contributed by atoms with van der Waals surface area (Å²) in [6.45, 7) is 2.64. The molecule has 1 saturated heterocycles. The van der Waals surface area contributed by atoms with Crippen molar-refractivity contribution in [3.05, 3.63) is 29.0 Å². The van der Waals surface area contributed by atoms with E-state index in [0.29, 0.717) is 23.0 Å². The van der Waals surface area contributed by atoms with Crippen molar-refractivity contribution in [1.82, 2.24) is 10.1 Å². The van der Waals surface area contributed by atoms with Crippen LogP contribution in [0, 0.1) is 0 Å². The first-order valence-corrected chi connectivity index (χ1v) is 6.43. The first-order chi connectivity index (χ1) is 9.08. The summed E-state index contributed by atoms with van der Waals surface area (Å²) in [4.78, 5) is 4.34. The summed E-state index contributed by atoms with van der Waals surface area (Å²) in [7, 11) is 0. The molecule has 1 aliphatic rings. The number of hydrogen-bond donors (Lipinski definition) is 1. The summed E-state index contributed by atoms with van der Waals surface area (Å²) in [6, 6.07) is 4.59. The van der Waals surface area contributed by atoms with Crippen LogP contribution in [-0.4, -0.2) is 21.9 Å². The van der Waals surface area contributed by atoms with Gasteiger partial charge in [0.2, 0.25) is 5.82 Å². The van der Waals surface area contributed by atoms with Gasteiger partial charge in [-0.25, -0.2) is 0 Å². The van der Waals surface area contributed by atoms with Crippen molar-refractivity contribution < 1.29 is 14.4 Å². The Hall–Kier alpha value is -1.59. The monoisotopic (exact) mass is 280 g/mol. The number of halogens is 1. The van der Waals surface area contributed by atoms with Crippen molar-refractivity contribution in [2.24, 2.45) is 0 Å². The van der Waals surface area contributed by atoms with Gasteiger partial charge in [0, 0.05) is 6.61 Å². The van der Waals surface area contributed by atoms with E-state index < -0.39 is 5.60 Å². The van der Waals surface area contributed by atoms with E-state index in [9.17, 15) is 5.11 Å². The normalized spacial score (nSPS) is 22.8. The van der Waals surface area contributed by atoms with Crippen molar-refractivity contribution in [2.45, 2.75) is 25.4 Å². The van der Waals surface area contributed by atoms with Crippen LogP contribution in [0.4, 0.5) is 0 Å². The third-order valence-corrected chi connectivity index (χ3v) is 3.63. The second kappa shape index (κ2) is 4.51. The Morgan fingerprint density at radius 1 is 1.42 bits per heavy atom. The Morgan fingerprint density at radius 3 is 3.00 bits per heavy atom. The standard InChI is InChI=1S/C13H13ClN2O3/c1-13(5-2-6-18-13)12-15-11(19-16-12)9-7-8(17)3-4-10(9)14/h3-4,7,17H,2,5-6H2,1H3. The summed E-state index contributed by atoms with van der Waals surface area (Å²) in [5, 5.41) is 13.9. The molecule has 5 nitrogen and oxygen atoms in total. The predicted molar refractivity (Wildman–Crippen MR) is 68.9 cm³/mol. The highest BCUT2D eigenvalue weighted by molar-refractivity contribution is 6.33. The number of phenols is 1. The molecule has 1 N–H and O–H groups in total. The van der Waals surface area contributed by atoms with Crippen LogP contribution in [0.3, 0.4) is 0 Å². The van der Waals surface area contributed by atoms with Gasteiger partial charge in [-0.3, -0.25) is 0 Å². The lowest BCUT2D eigenvalue weighted by Gasteiger charge is -2.17. The van der Waals surface area contributed by atoms with Crippen LogP contribution in [-0.2, 0) is 10.3 Å². The predicted octanol–water partition coefficient (Wildman–Crippen LogP) is 3.12. The average molecular weight is 281 g/mol. The maximum atomic E-state index is 9.49. The highest BCUT2D eigenvalue weighted by atomic mass is 35.5. The molecule has 1 unspecified atom stereocenters. The van der Waals surface area contributed by atoms with Crippen molar-refractivity contribution in [1.29, 1.82) is 0 Å². The molecule has 6 heteroatoms. The van der Waals surface area contributed by atoms with Gasteiger partial charge in [-0.2, -0.15) is 4.98 Å². The minimum absolute atomic E-state index is 0.0995. The average Bonchev–Trinajstić information content (AvgIpc) is 3.02. The molecule has 3 rings (SSSR count). The zero-order chi connectivity index (χ0) is 13.5. The Labute approximate surface area is 115 Å². The van der Waals surface area contributed by atoms with Gasteiger partial charge in [-0.05, 0) is 38.0 Å². The molecule has 0 spiro atoms. The largest absolute Gasteiger partial charge is 0.508 e. The van der Waals surface area contributed by atoms with Gasteiger partial charge >= 0.3 is 0 Å². The number of hydrogen-bond acceptors (Lipinski definition) is 5. The van der Waals surface area contributed by atoms with Gasteiger partial charge in [0.15, 0.2) is 0 Å². The maximum absolute atomic E-state index is 9.49. The summed E-state index contributed by atoms with van der Waals surface area (Å²) in [5.41, 5.74) is 0.0208. The van der Waals surface area contributed by atoms with E-state index in [1.165, 1.54) is 12.1 Å². The topological polar surface area (TPSA) is 68.4 Å². The number of rotatable bonds is 2. The van der Waals surface area contributed by atoms with Gasteiger partial charge in [-0.15, -0.1) is 0 Å². The van der Waals surface area contributed by atoms with E-state index in [1.54, 1.807) is 6.07 Å². The number of aromatic hydroxyl groups is 1. The van der Waals surface area contributed by atoms with Crippen LogP contribution in [0.5, 0.6) is 5.75 Å². The van der Waals surface area contributed by atoms with Gasteiger partial charge in [-0.1, -0.05) is 16.8 Å². The third kappa shape index (κ3) is 2.19. The summed E-state index contributed by atoms with van der Waals surface area (Å²) in [6.07, 6.45) is 1.84. The number of nitrogens with zero attached hydrogens (tertiary/aromatic N) is 2. The number of benzene rings is 1. The molecule has 0 aliphatic carbocycles. The molecule has 1 fully saturated rings. The maximum Gasteiger partial charge on any atom is 0.259 e. The summed E-state index contributed by atoms with van der Waals surface area (Å²) in [5.74, 6) is 0.898. The molecule has 1 aliphatic heterocycles. The smallest absolute Gasteiger partial charge is 0.259 e. The molecule has 2 heterocycles. The van der Waals surface area contributed by atoms with Crippen molar-refractivity contribution >= 4 is 11.6 Å². The fraction of sp³-hybridized carbons (Fsp3) is 0.385. The summed E-state index contributed by atoms with van der Waals surface area (Å²) >= 11 is 6.06. The molecule has 19 heavy (non-hydrogen) atoms. The van der Waals surface area contributed by atoms with E-state index in [2.05, 4.69) is 10.1 Å². The number of aromatic nitrogens is 2. The van der Waals surface area contributed by atoms with Crippen molar-refractivity contribution in [2.75, 3.05) is 6.61 Å². The molecule has 0 saturated carbocycles. The second-order valence-corrected chi connectivity index (χ2v) is 5.18. The van der Waals surface area contributed by atoms with Crippen LogP contribution < -0.4 is 0 Å². The molecule has 2 aromatic rings. The minimum atomic E-state index is -0.495. The molecule has 100 valence electrons. The number of ether oxygens (including phenoxy) is 1. The Morgan fingerprint density at radius 2 is 2.26 bits per heavy atom. The number of phenolic OH excluding ortho intramolecular Hbond substituents is 1. The Balaban J connectivity index is 1.99. The molecule has 1 aromatic carbocycles. The fourth-order valence-corrected chi connectivity index (χ4v) is 2.38. The van der Waals surface area contributed by atoms with Gasteiger partial charge in [0.25, 0.3) is 5.89 Å². The lowest BCUT2D eigenvalue weighted by atomic mass is 10.0. The Bertz CT molecular complexity index is 606. The summed E-state index contributed by atoms with van der Waals surface area (Å²) < 4.78 is 10.9. The first kappa shape index (κ1) is 12.4. The second-order valence-electron chi connectivity index (χ2n) is 4.77. The Kier molecular flexibility index (Phi) is 2.95. The van der Waals surface area contributed by atoms with E-state index >= 15 is 0 Å². The van der Waals surface area contributed by atoms with E-state index in [0.717, 1.165) is 12.8 Å². The first-order valence-electron chi connectivity index (χ1n) is 6.05. The van der Waals surface area contributed by atoms with Crippen LogP contribution in [0.25, 0.3) is 11.5 Å². The van der Waals surface area contributed by atoms with Crippen LogP contribution in [0.2, 0.25) is 5.02 Å². The van der Waals surface area contributed by atoms with Gasteiger partial charge < -0.3 is 14.4 Å². The molecular formula is C13H13ClN2O3. The van der Waals surface area contributed by atoms with E-state index in [1.807, 2.05) is 6.92 Å². The zero-order valence-corrected chi connectivity index (χ0v) is 11.1.